The highest BCUT2D eigenvalue weighted by Crippen LogP contribution is 2.33. The van der Waals surface area contributed by atoms with Crippen molar-refractivity contribution < 1.29 is 22.7 Å². The maximum Gasteiger partial charge on any atom is 0.490 e. The van der Waals surface area contributed by atoms with Gasteiger partial charge in [-0.05, 0) is 49.9 Å². The maximum atomic E-state index is 12.8. The van der Waals surface area contributed by atoms with Crippen LogP contribution in [0, 0.1) is 6.92 Å². The van der Waals surface area contributed by atoms with E-state index >= 15 is 0 Å². The average molecular weight is 538 g/mol. The van der Waals surface area contributed by atoms with E-state index in [2.05, 4.69) is 24.7 Å². The molecule has 37 heavy (non-hydrogen) atoms. The number of rotatable bonds is 5. The molecule has 5 rings (SSSR count). The Labute approximate surface area is 219 Å². The molecule has 1 aromatic carbocycles. The van der Waals surface area contributed by atoms with E-state index in [1.165, 1.54) is 5.56 Å². The Morgan fingerprint density at radius 1 is 1.08 bits per heavy atom. The highest BCUT2D eigenvalue weighted by atomic mass is 35.5. The lowest BCUT2D eigenvalue weighted by atomic mass is 9.94. The summed E-state index contributed by atoms with van der Waals surface area (Å²) in [6.07, 6.45) is -0.790. The van der Waals surface area contributed by atoms with Crippen LogP contribution in [0.25, 0.3) is 0 Å². The van der Waals surface area contributed by atoms with Gasteiger partial charge in [-0.2, -0.15) is 13.2 Å². The Morgan fingerprint density at radius 2 is 1.81 bits per heavy atom. The van der Waals surface area contributed by atoms with Crippen molar-refractivity contribution in [3.63, 3.8) is 0 Å². The number of carbonyl (C=O) groups is 1. The molecule has 7 nitrogen and oxygen atoms in total. The van der Waals surface area contributed by atoms with Crippen LogP contribution in [0.1, 0.15) is 30.5 Å². The number of hydrogen-bond acceptors (Lipinski definition) is 7. The van der Waals surface area contributed by atoms with Gasteiger partial charge in [-0.15, -0.1) is 0 Å². The van der Waals surface area contributed by atoms with E-state index in [4.69, 9.17) is 16.3 Å². The first-order valence-corrected chi connectivity index (χ1v) is 13.1. The zero-order chi connectivity index (χ0) is 26.2. The van der Waals surface area contributed by atoms with Gasteiger partial charge in [0, 0.05) is 74.2 Å². The molecule has 0 saturated carbocycles. The number of halogens is 4. The molecule has 3 saturated heterocycles. The van der Waals surface area contributed by atoms with Gasteiger partial charge < -0.3 is 9.64 Å². The summed E-state index contributed by atoms with van der Waals surface area (Å²) in [4.78, 5) is 27.4. The molecule has 3 aliphatic rings. The number of alkyl halides is 3. The van der Waals surface area contributed by atoms with Crippen LogP contribution in [0.5, 0.6) is 0 Å². The summed E-state index contributed by atoms with van der Waals surface area (Å²) in [5, 5.41) is 0.684. The number of fused-ring (bicyclic) bond motifs is 1. The van der Waals surface area contributed by atoms with E-state index in [1.807, 2.05) is 37.3 Å². The lowest BCUT2D eigenvalue weighted by molar-refractivity contribution is -0.204. The molecule has 3 atom stereocenters. The van der Waals surface area contributed by atoms with Gasteiger partial charge in [0.1, 0.15) is 6.10 Å². The Kier molecular flexibility index (Phi) is 7.60. The zero-order valence-electron chi connectivity index (χ0n) is 20.7. The highest BCUT2D eigenvalue weighted by Gasteiger charge is 2.47. The molecule has 0 bridgehead atoms. The van der Waals surface area contributed by atoms with Crippen molar-refractivity contribution in [2.45, 2.75) is 63.0 Å². The second kappa shape index (κ2) is 10.7. The first-order chi connectivity index (χ1) is 17.7. The minimum Gasteiger partial charge on any atom is -0.454 e. The van der Waals surface area contributed by atoms with Crippen molar-refractivity contribution >= 4 is 23.5 Å². The topological polar surface area (TPSA) is 61.8 Å². The lowest BCUT2D eigenvalue weighted by Gasteiger charge is -2.49. The molecule has 0 unspecified atom stereocenters. The van der Waals surface area contributed by atoms with Gasteiger partial charge in [0.25, 0.3) is 0 Å². The molecule has 11 heteroatoms. The van der Waals surface area contributed by atoms with E-state index in [0.717, 1.165) is 50.5 Å². The minimum atomic E-state index is -4.97. The van der Waals surface area contributed by atoms with Gasteiger partial charge in [-0.1, -0.05) is 23.7 Å². The van der Waals surface area contributed by atoms with Crippen LogP contribution in [0.4, 0.5) is 19.1 Å². The lowest BCUT2D eigenvalue weighted by Crippen LogP contribution is -2.61. The summed E-state index contributed by atoms with van der Waals surface area (Å²) >= 11 is 6.09. The molecule has 0 N–H and O–H groups in total. The van der Waals surface area contributed by atoms with E-state index in [1.54, 1.807) is 6.20 Å². The molecule has 3 fully saturated rings. The fraction of sp³-hybridized carbons (Fsp3) is 0.577. The van der Waals surface area contributed by atoms with Gasteiger partial charge in [0.2, 0.25) is 5.95 Å². The van der Waals surface area contributed by atoms with Crippen LogP contribution in [0.15, 0.2) is 36.5 Å². The molecule has 0 spiro atoms. The fourth-order valence-corrected chi connectivity index (χ4v) is 6.06. The van der Waals surface area contributed by atoms with Crippen LogP contribution in [0.3, 0.4) is 0 Å². The third kappa shape index (κ3) is 6.18. The number of carbonyl (C=O) groups excluding carboxylic acids is 1. The van der Waals surface area contributed by atoms with E-state index in [0.29, 0.717) is 30.6 Å². The standard InChI is InChI=1S/C26H31ClF3N5O2/c1-17-6-9-31-25(32-17)33-10-7-20(8-11-33)35-15-21-13-23(37-24(36)26(28,29)30)16-34(21)14-22(35)12-18-2-4-19(27)5-3-18/h2-6,9,20-23H,7-8,10-16H2,1H3/t21-,22-,23+/m0/s1. The van der Waals surface area contributed by atoms with Crippen molar-refractivity contribution in [3.05, 3.63) is 52.8 Å². The SMILES string of the molecule is Cc1ccnc(N2CCC(N3C[C@@H]4C[C@@H](OC(=O)C(F)(F)F)CN4C[C@@H]3Cc3ccc(Cl)cc3)CC2)n1. The number of hydrogen-bond donors (Lipinski definition) is 0. The number of piperidine rings is 1. The Balaban J connectivity index is 1.28. The summed E-state index contributed by atoms with van der Waals surface area (Å²) in [6.45, 7) is 5.44. The number of nitrogens with zero attached hydrogens (tertiary/aromatic N) is 5. The number of aromatic nitrogens is 2. The summed E-state index contributed by atoms with van der Waals surface area (Å²) in [5.74, 6) is -1.34. The van der Waals surface area contributed by atoms with Crippen LogP contribution >= 0.6 is 11.6 Å². The van der Waals surface area contributed by atoms with E-state index in [-0.39, 0.29) is 12.1 Å². The van der Waals surface area contributed by atoms with Crippen LogP contribution in [-0.2, 0) is 16.0 Å². The predicted molar refractivity (Wildman–Crippen MR) is 134 cm³/mol. The third-order valence-corrected chi connectivity index (χ3v) is 7.97. The number of aryl methyl sites for hydroxylation is 1. The Bertz CT molecular complexity index is 1090. The molecule has 1 aromatic heterocycles. The van der Waals surface area contributed by atoms with Crippen molar-refractivity contribution in [1.29, 1.82) is 0 Å². The quantitative estimate of drug-likeness (QED) is 0.536. The van der Waals surface area contributed by atoms with Crippen LogP contribution in [0.2, 0.25) is 5.02 Å². The largest absolute Gasteiger partial charge is 0.490 e. The number of piperazine rings is 1. The van der Waals surface area contributed by atoms with Crippen molar-refractivity contribution in [1.82, 2.24) is 19.8 Å². The van der Waals surface area contributed by atoms with Crippen molar-refractivity contribution in [2.24, 2.45) is 0 Å². The predicted octanol–water partition coefficient (Wildman–Crippen LogP) is 3.88. The van der Waals surface area contributed by atoms with Gasteiger partial charge in [0.05, 0.1) is 0 Å². The number of esters is 1. The molecule has 2 aromatic rings. The molecular formula is C26H31ClF3N5O2. The number of ether oxygens (including phenoxy) is 1. The summed E-state index contributed by atoms with van der Waals surface area (Å²) in [7, 11) is 0. The normalized spacial score (nSPS) is 25.8. The first kappa shape index (κ1) is 26.2. The summed E-state index contributed by atoms with van der Waals surface area (Å²) in [5.41, 5.74) is 2.11. The second-order valence-electron chi connectivity index (χ2n) is 10.3. The molecule has 200 valence electrons. The highest BCUT2D eigenvalue weighted by molar-refractivity contribution is 6.30. The summed E-state index contributed by atoms with van der Waals surface area (Å²) in [6, 6.07) is 10.3. The Hall–Kier alpha value is -2.43. The second-order valence-corrected chi connectivity index (χ2v) is 10.7. The molecule has 0 amide bonds. The maximum absolute atomic E-state index is 12.8. The number of anilines is 1. The van der Waals surface area contributed by atoms with Gasteiger partial charge in [0.15, 0.2) is 0 Å². The van der Waals surface area contributed by atoms with E-state index in [9.17, 15) is 18.0 Å². The smallest absolute Gasteiger partial charge is 0.454 e. The molecule has 0 aliphatic carbocycles. The van der Waals surface area contributed by atoms with Crippen molar-refractivity contribution in [2.75, 3.05) is 37.6 Å². The zero-order valence-corrected chi connectivity index (χ0v) is 21.5. The monoisotopic (exact) mass is 537 g/mol. The third-order valence-electron chi connectivity index (χ3n) is 7.71. The van der Waals surface area contributed by atoms with Gasteiger partial charge >= 0.3 is 12.1 Å². The average Bonchev–Trinajstić information content (AvgIpc) is 3.25. The molecular weight excluding hydrogens is 507 g/mol. The van der Waals surface area contributed by atoms with Gasteiger partial charge in [-0.25, -0.2) is 14.8 Å². The molecule has 0 radical (unpaired) electrons. The first-order valence-electron chi connectivity index (χ1n) is 12.7. The van der Waals surface area contributed by atoms with Crippen LogP contribution < -0.4 is 4.90 Å². The van der Waals surface area contributed by atoms with Gasteiger partial charge in [-0.3, -0.25) is 9.80 Å². The number of benzene rings is 1. The Morgan fingerprint density at radius 3 is 2.49 bits per heavy atom. The molecule has 3 aliphatic heterocycles. The van der Waals surface area contributed by atoms with Crippen LogP contribution in [-0.4, -0.2) is 88.9 Å². The fourth-order valence-electron chi connectivity index (χ4n) is 5.93. The molecule has 4 heterocycles. The van der Waals surface area contributed by atoms with Crippen molar-refractivity contribution in [3.8, 4) is 0 Å². The summed E-state index contributed by atoms with van der Waals surface area (Å²) < 4.78 is 43.1. The van der Waals surface area contributed by atoms with E-state index < -0.39 is 18.2 Å². The minimum absolute atomic E-state index is 0.0608.